The Morgan fingerprint density at radius 1 is 1.25 bits per heavy atom. The molecule has 0 bridgehead atoms. The maximum atomic E-state index is 3.80. The molecule has 2 atom stereocenters. The fourth-order valence-electron chi connectivity index (χ4n) is 1.04. The zero-order chi connectivity index (χ0) is 9.40. The van der Waals surface area contributed by atoms with Crippen molar-refractivity contribution < 1.29 is 0 Å². The summed E-state index contributed by atoms with van der Waals surface area (Å²) in [4.78, 5) is 0. The highest BCUT2D eigenvalue weighted by atomic mass is 14.1. The highest BCUT2D eigenvalue weighted by Gasteiger charge is 2.05. The molecule has 0 N–H and O–H groups in total. The molecule has 0 aliphatic carbocycles. The number of rotatable bonds is 6. The van der Waals surface area contributed by atoms with Gasteiger partial charge in [-0.1, -0.05) is 45.4 Å². The van der Waals surface area contributed by atoms with Crippen molar-refractivity contribution in [3.8, 4) is 0 Å². The van der Waals surface area contributed by atoms with Crippen molar-refractivity contribution in [3.63, 3.8) is 0 Å². The van der Waals surface area contributed by atoms with Crippen LogP contribution >= 0.6 is 0 Å². The molecule has 0 radical (unpaired) electrons. The SMILES string of the molecule is C=CC(C)C(C)CC=CCCC. The van der Waals surface area contributed by atoms with Gasteiger partial charge in [0.15, 0.2) is 0 Å². The Morgan fingerprint density at radius 3 is 2.42 bits per heavy atom. The zero-order valence-electron chi connectivity index (χ0n) is 8.72. The van der Waals surface area contributed by atoms with E-state index in [1.807, 2.05) is 6.08 Å². The summed E-state index contributed by atoms with van der Waals surface area (Å²) in [6.45, 7) is 10.5. The monoisotopic (exact) mass is 166 g/mol. The maximum absolute atomic E-state index is 3.80. The Hall–Kier alpha value is -0.520. The molecule has 0 amide bonds. The summed E-state index contributed by atoms with van der Waals surface area (Å²) >= 11 is 0. The molecule has 0 saturated heterocycles. The summed E-state index contributed by atoms with van der Waals surface area (Å²) in [6.07, 6.45) is 10.3. The molecule has 0 aromatic rings. The van der Waals surface area contributed by atoms with Gasteiger partial charge in [0.1, 0.15) is 0 Å². The summed E-state index contributed by atoms with van der Waals surface area (Å²) in [5.41, 5.74) is 0. The molecule has 0 aliphatic rings. The Labute approximate surface area is 77.4 Å². The number of hydrogen-bond acceptors (Lipinski definition) is 0. The molecule has 70 valence electrons. The molecule has 2 unspecified atom stereocenters. The molecule has 0 fully saturated rings. The second kappa shape index (κ2) is 7.15. The highest BCUT2D eigenvalue weighted by Crippen LogP contribution is 2.16. The van der Waals surface area contributed by atoms with Crippen LogP contribution in [0.15, 0.2) is 24.8 Å². The largest absolute Gasteiger partial charge is 0.103 e. The van der Waals surface area contributed by atoms with Gasteiger partial charge in [0, 0.05) is 0 Å². The molecule has 0 rings (SSSR count). The van der Waals surface area contributed by atoms with Crippen molar-refractivity contribution >= 4 is 0 Å². The smallest absolute Gasteiger partial charge is 0.0236 e. The van der Waals surface area contributed by atoms with E-state index in [4.69, 9.17) is 0 Å². The van der Waals surface area contributed by atoms with E-state index in [0.717, 1.165) is 5.92 Å². The van der Waals surface area contributed by atoms with Crippen molar-refractivity contribution in [2.24, 2.45) is 11.8 Å². The predicted molar refractivity (Wildman–Crippen MR) is 57.2 cm³/mol. The van der Waals surface area contributed by atoms with Gasteiger partial charge in [-0.2, -0.15) is 0 Å². The Morgan fingerprint density at radius 2 is 1.92 bits per heavy atom. The molecule has 12 heavy (non-hydrogen) atoms. The molecule has 0 saturated carbocycles. The topological polar surface area (TPSA) is 0 Å². The van der Waals surface area contributed by atoms with Crippen LogP contribution in [0, 0.1) is 11.8 Å². The van der Waals surface area contributed by atoms with Crippen LogP contribution in [-0.2, 0) is 0 Å². The van der Waals surface area contributed by atoms with Crippen LogP contribution in [0.2, 0.25) is 0 Å². The third kappa shape index (κ3) is 5.17. The van der Waals surface area contributed by atoms with Crippen LogP contribution in [0.1, 0.15) is 40.0 Å². The van der Waals surface area contributed by atoms with E-state index in [9.17, 15) is 0 Å². The van der Waals surface area contributed by atoms with Crippen molar-refractivity contribution in [2.45, 2.75) is 40.0 Å². The summed E-state index contributed by atoms with van der Waals surface area (Å²) in [5.74, 6) is 1.37. The molecule has 0 aromatic heterocycles. The van der Waals surface area contributed by atoms with Crippen LogP contribution in [-0.4, -0.2) is 0 Å². The fraction of sp³-hybridized carbons (Fsp3) is 0.667. The van der Waals surface area contributed by atoms with E-state index in [-0.39, 0.29) is 0 Å². The van der Waals surface area contributed by atoms with Crippen molar-refractivity contribution in [3.05, 3.63) is 24.8 Å². The van der Waals surface area contributed by atoms with Crippen molar-refractivity contribution in [2.75, 3.05) is 0 Å². The molecular formula is C12H22. The number of allylic oxidation sites excluding steroid dienone is 3. The fourth-order valence-corrected chi connectivity index (χ4v) is 1.04. The van der Waals surface area contributed by atoms with E-state index in [1.165, 1.54) is 19.3 Å². The third-order valence-electron chi connectivity index (χ3n) is 2.40. The summed E-state index contributed by atoms with van der Waals surface area (Å²) in [5, 5.41) is 0. The van der Waals surface area contributed by atoms with Gasteiger partial charge in [0.25, 0.3) is 0 Å². The zero-order valence-corrected chi connectivity index (χ0v) is 8.72. The minimum atomic E-state index is 0.635. The minimum Gasteiger partial charge on any atom is -0.103 e. The first-order valence-electron chi connectivity index (χ1n) is 4.99. The lowest BCUT2D eigenvalue weighted by molar-refractivity contribution is 0.466. The second-order valence-electron chi connectivity index (χ2n) is 3.57. The van der Waals surface area contributed by atoms with Crippen LogP contribution in [0.5, 0.6) is 0 Å². The van der Waals surface area contributed by atoms with E-state index in [1.54, 1.807) is 0 Å². The summed E-state index contributed by atoms with van der Waals surface area (Å²) < 4.78 is 0. The van der Waals surface area contributed by atoms with E-state index in [0.29, 0.717) is 5.92 Å². The molecule has 0 heteroatoms. The first-order valence-corrected chi connectivity index (χ1v) is 4.99. The summed E-state index contributed by atoms with van der Waals surface area (Å²) in [7, 11) is 0. The number of unbranched alkanes of at least 4 members (excludes halogenated alkanes) is 1. The first-order chi connectivity index (χ1) is 5.72. The van der Waals surface area contributed by atoms with E-state index < -0.39 is 0 Å². The quantitative estimate of drug-likeness (QED) is 0.519. The van der Waals surface area contributed by atoms with Crippen molar-refractivity contribution in [1.82, 2.24) is 0 Å². The van der Waals surface area contributed by atoms with Gasteiger partial charge in [-0.15, -0.1) is 6.58 Å². The van der Waals surface area contributed by atoms with Crippen LogP contribution in [0.3, 0.4) is 0 Å². The minimum absolute atomic E-state index is 0.635. The lowest BCUT2D eigenvalue weighted by Gasteiger charge is -2.13. The lowest BCUT2D eigenvalue weighted by atomic mass is 9.93. The first kappa shape index (κ1) is 11.5. The molecular weight excluding hydrogens is 144 g/mol. The average Bonchev–Trinajstić information content (AvgIpc) is 2.10. The molecule has 0 aliphatic heterocycles. The molecule has 0 nitrogen and oxygen atoms in total. The van der Waals surface area contributed by atoms with Gasteiger partial charge in [-0.25, -0.2) is 0 Å². The van der Waals surface area contributed by atoms with Gasteiger partial charge in [-0.3, -0.25) is 0 Å². The lowest BCUT2D eigenvalue weighted by Crippen LogP contribution is -2.02. The highest BCUT2D eigenvalue weighted by molar-refractivity contribution is 4.87. The molecule has 0 spiro atoms. The van der Waals surface area contributed by atoms with Crippen molar-refractivity contribution in [1.29, 1.82) is 0 Å². The molecule has 0 aromatic carbocycles. The molecule has 0 heterocycles. The second-order valence-corrected chi connectivity index (χ2v) is 3.57. The Balaban J connectivity index is 3.55. The number of hydrogen-bond donors (Lipinski definition) is 0. The van der Waals surface area contributed by atoms with Crippen LogP contribution in [0.25, 0.3) is 0 Å². The van der Waals surface area contributed by atoms with Crippen LogP contribution in [0.4, 0.5) is 0 Å². The van der Waals surface area contributed by atoms with Gasteiger partial charge in [0.2, 0.25) is 0 Å². The standard InChI is InChI=1S/C12H22/c1-5-7-8-9-10-12(4)11(3)6-2/h6,8-9,11-12H,2,5,7,10H2,1,3-4H3. The third-order valence-corrected chi connectivity index (χ3v) is 2.40. The normalized spacial score (nSPS) is 16.2. The Kier molecular flexibility index (Phi) is 6.84. The van der Waals surface area contributed by atoms with Gasteiger partial charge >= 0.3 is 0 Å². The summed E-state index contributed by atoms with van der Waals surface area (Å²) in [6, 6.07) is 0. The Bertz CT molecular complexity index is 133. The van der Waals surface area contributed by atoms with Gasteiger partial charge in [0.05, 0.1) is 0 Å². The van der Waals surface area contributed by atoms with Gasteiger partial charge < -0.3 is 0 Å². The predicted octanol–water partition coefficient (Wildman–Crippen LogP) is 4.19. The van der Waals surface area contributed by atoms with E-state index in [2.05, 4.69) is 39.5 Å². The van der Waals surface area contributed by atoms with Gasteiger partial charge in [-0.05, 0) is 24.7 Å². The van der Waals surface area contributed by atoms with Crippen LogP contribution < -0.4 is 0 Å². The average molecular weight is 166 g/mol. The van der Waals surface area contributed by atoms with E-state index >= 15 is 0 Å². The maximum Gasteiger partial charge on any atom is -0.0236 e.